The number of nitrogens with one attached hydrogen (secondary N) is 2. The molecule has 0 aromatic rings. The fourth-order valence-corrected chi connectivity index (χ4v) is 2.61. The maximum absolute atomic E-state index is 11.8. The topological polar surface area (TPSA) is 87.7 Å². The van der Waals surface area contributed by atoms with Gasteiger partial charge in [0.1, 0.15) is 0 Å². The maximum atomic E-state index is 11.8. The Morgan fingerprint density at radius 2 is 2.19 bits per heavy atom. The van der Waals surface area contributed by atoms with Crippen molar-refractivity contribution >= 4 is 11.9 Å². The highest BCUT2D eigenvalue weighted by atomic mass is 16.5. The molecule has 0 aromatic carbocycles. The average molecular weight is 300 g/mol. The second-order valence-corrected chi connectivity index (χ2v) is 5.63. The van der Waals surface area contributed by atoms with E-state index in [-0.39, 0.29) is 18.4 Å². The van der Waals surface area contributed by atoms with Gasteiger partial charge in [0.25, 0.3) is 0 Å². The summed E-state index contributed by atoms with van der Waals surface area (Å²) in [5, 5.41) is 14.8. The molecule has 6 heteroatoms. The molecule has 3 N–H and O–H groups in total. The van der Waals surface area contributed by atoms with E-state index in [0.717, 1.165) is 32.4 Å². The van der Waals surface area contributed by atoms with Gasteiger partial charge >= 0.3 is 5.97 Å². The van der Waals surface area contributed by atoms with Gasteiger partial charge in [0.15, 0.2) is 0 Å². The molecule has 0 saturated carbocycles. The second kappa shape index (κ2) is 10.6. The Kier molecular flexibility index (Phi) is 9.01. The number of carbonyl (C=O) groups is 2. The minimum absolute atomic E-state index is 0.0113. The summed E-state index contributed by atoms with van der Waals surface area (Å²) in [7, 11) is 0. The van der Waals surface area contributed by atoms with E-state index in [2.05, 4.69) is 17.6 Å². The van der Waals surface area contributed by atoms with E-state index < -0.39 is 5.97 Å². The molecule has 1 heterocycles. The van der Waals surface area contributed by atoms with Crippen molar-refractivity contribution in [1.29, 1.82) is 0 Å². The molecule has 1 saturated heterocycles. The molecular weight excluding hydrogens is 272 g/mol. The van der Waals surface area contributed by atoms with E-state index in [1.807, 2.05) is 0 Å². The monoisotopic (exact) mass is 300 g/mol. The molecule has 0 radical (unpaired) electrons. The molecule has 1 aliphatic rings. The zero-order chi connectivity index (χ0) is 15.5. The molecule has 1 amide bonds. The lowest BCUT2D eigenvalue weighted by molar-refractivity contribution is -0.137. The highest BCUT2D eigenvalue weighted by Gasteiger charge is 2.17. The smallest absolute Gasteiger partial charge is 0.303 e. The third-order valence-corrected chi connectivity index (χ3v) is 3.76. The predicted molar refractivity (Wildman–Crippen MR) is 80.1 cm³/mol. The van der Waals surface area contributed by atoms with Gasteiger partial charge < -0.3 is 20.5 Å². The first-order valence-electron chi connectivity index (χ1n) is 7.92. The summed E-state index contributed by atoms with van der Waals surface area (Å²) in [4.78, 5) is 22.4. The Morgan fingerprint density at radius 3 is 2.81 bits per heavy atom. The average Bonchev–Trinajstić information content (AvgIpc) is 2.45. The number of aliphatic carboxylic acids is 1. The Balaban J connectivity index is 2.16. The van der Waals surface area contributed by atoms with Gasteiger partial charge in [-0.15, -0.1) is 0 Å². The van der Waals surface area contributed by atoms with E-state index in [1.54, 1.807) is 0 Å². The van der Waals surface area contributed by atoms with E-state index in [0.29, 0.717) is 31.9 Å². The van der Waals surface area contributed by atoms with Crippen LogP contribution < -0.4 is 10.6 Å². The quantitative estimate of drug-likeness (QED) is 0.563. The Bertz CT molecular complexity index is 317. The summed E-state index contributed by atoms with van der Waals surface area (Å²) in [6.07, 6.45) is 4.15. The van der Waals surface area contributed by atoms with Crippen LogP contribution in [0.15, 0.2) is 0 Å². The van der Waals surface area contributed by atoms with Crippen molar-refractivity contribution in [3.8, 4) is 0 Å². The van der Waals surface area contributed by atoms with E-state index >= 15 is 0 Å². The van der Waals surface area contributed by atoms with Gasteiger partial charge in [-0.05, 0) is 18.8 Å². The number of rotatable bonds is 10. The van der Waals surface area contributed by atoms with Crippen molar-refractivity contribution < 1.29 is 19.4 Å². The standard InChI is InChI=1S/C15H28N2O4/c1-2-3-12(4-5-15(19)20)6-7-17-14(18)10-13-11-16-8-9-21-13/h12-13,16H,2-11H2,1H3,(H,17,18)(H,19,20). The van der Waals surface area contributed by atoms with Gasteiger partial charge in [-0.2, -0.15) is 0 Å². The van der Waals surface area contributed by atoms with Crippen molar-refractivity contribution in [1.82, 2.24) is 10.6 Å². The van der Waals surface area contributed by atoms with Crippen molar-refractivity contribution in [2.45, 2.75) is 51.6 Å². The van der Waals surface area contributed by atoms with Crippen LogP contribution >= 0.6 is 0 Å². The zero-order valence-electron chi connectivity index (χ0n) is 12.9. The molecule has 21 heavy (non-hydrogen) atoms. The Labute approximate surface area is 126 Å². The summed E-state index contributed by atoms with van der Waals surface area (Å²) in [6.45, 7) is 4.94. The second-order valence-electron chi connectivity index (χ2n) is 5.63. The molecule has 122 valence electrons. The van der Waals surface area contributed by atoms with E-state index in [1.165, 1.54) is 0 Å². The number of amides is 1. The summed E-state index contributed by atoms with van der Waals surface area (Å²) in [5.41, 5.74) is 0. The highest BCUT2D eigenvalue weighted by Crippen LogP contribution is 2.17. The molecule has 2 atom stereocenters. The molecule has 1 aliphatic heterocycles. The van der Waals surface area contributed by atoms with Gasteiger partial charge in [0.2, 0.25) is 5.91 Å². The molecule has 0 spiro atoms. The summed E-state index contributed by atoms with van der Waals surface area (Å²) in [6, 6.07) is 0. The van der Waals surface area contributed by atoms with Gasteiger partial charge in [-0.25, -0.2) is 0 Å². The van der Waals surface area contributed by atoms with Gasteiger partial charge in [0.05, 0.1) is 19.1 Å². The first kappa shape index (κ1) is 17.9. The molecule has 0 bridgehead atoms. The Hall–Kier alpha value is -1.14. The number of ether oxygens (including phenoxy) is 1. The molecular formula is C15H28N2O4. The maximum Gasteiger partial charge on any atom is 0.303 e. The first-order chi connectivity index (χ1) is 10.1. The van der Waals surface area contributed by atoms with Crippen LogP contribution in [0.1, 0.15) is 45.4 Å². The number of carbonyl (C=O) groups excluding carboxylic acids is 1. The molecule has 0 aromatic heterocycles. The molecule has 6 nitrogen and oxygen atoms in total. The number of hydrogen-bond donors (Lipinski definition) is 3. The SMILES string of the molecule is CCCC(CCNC(=O)CC1CNCCO1)CCC(=O)O. The predicted octanol–water partition coefficient (Wildman–Crippen LogP) is 1.15. The molecule has 2 unspecified atom stereocenters. The van der Waals surface area contributed by atoms with Gasteiger partial charge in [0, 0.05) is 26.1 Å². The van der Waals surface area contributed by atoms with Gasteiger partial charge in [-0.1, -0.05) is 19.8 Å². The van der Waals surface area contributed by atoms with Crippen molar-refractivity contribution in [3.05, 3.63) is 0 Å². The molecule has 1 fully saturated rings. The minimum atomic E-state index is -0.748. The fraction of sp³-hybridized carbons (Fsp3) is 0.867. The van der Waals surface area contributed by atoms with Crippen molar-refractivity contribution in [2.24, 2.45) is 5.92 Å². The number of hydrogen-bond acceptors (Lipinski definition) is 4. The van der Waals surface area contributed by atoms with Gasteiger partial charge in [-0.3, -0.25) is 9.59 Å². The van der Waals surface area contributed by atoms with Crippen LogP contribution in [-0.4, -0.2) is 49.3 Å². The van der Waals surface area contributed by atoms with Crippen molar-refractivity contribution in [2.75, 3.05) is 26.2 Å². The minimum Gasteiger partial charge on any atom is -0.481 e. The highest BCUT2D eigenvalue weighted by molar-refractivity contribution is 5.76. The normalized spacial score (nSPS) is 20.0. The van der Waals surface area contributed by atoms with E-state index in [4.69, 9.17) is 9.84 Å². The van der Waals surface area contributed by atoms with Crippen LogP contribution in [0, 0.1) is 5.92 Å². The molecule has 0 aliphatic carbocycles. The third kappa shape index (κ3) is 8.67. The largest absolute Gasteiger partial charge is 0.481 e. The van der Waals surface area contributed by atoms with Crippen LogP contribution in [0.25, 0.3) is 0 Å². The number of carboxylic acids is 1. The number of morpholine rings is 1. The first-order valence-corrected chi connectivity index (χ1v) is 7.92. The zero-order valence-corrected chi connectivity index (χ0v) is 12.9. The summed E-state index contributed by atoms with van der Waals surface area (Å²) >= 11 is 0. The summed E-state index contributed by atoms with van der Waals surface area (Å²) < 4.78 is 5.49. The lowest BCUT2D eigenvalue weighted by atomic mass is 9.94. The lowest BCUT2D eigenvalue weighted by Crippen LogP contribution is -2.41. The van der Waals surface area contributed by atoms with Crippen LogP contribution in [0.2, 0.25) is 0 Å². The fourth-order valence-electron chi connectivity index (χ4n) is 2.61. The van der Waals surface area contributed by atoms with Crippen LogP contribution in [0.3, 0.4) is 0 Å². The van der Waals surface area contributed by atoms with Crippen LogP contribution in [0.5, 0.6) is 0 Å². The number of carboxylic acid groups (broad SMARTS) is 1. The van der Waals surface area contributed by atoms with E-state index in [9.17, 15) is 9.59 Å². The Morgan fingerprint density at radius 1 is 1.38 bits per heavy atom. The van der Waals surface area contributed by atoms with Crippen molar-refractivity contribution in [3.63, 3.8) is 0 Å². The third-order valence-electron chi connectivity index (χ3n) is 3.76. The molecule has 1 rings (SSSR count). The van der Waals surface area contributed by atoms with Crippen LogP contribution in [0.4, 0.5) is 0 Å². The lowest BCUT2D eigenvalue weighted by Gasteiger charge is -2.23. The van der Waals surface area contributed by atoms with Crippen LogP contribution in [-0.2, 0) is 14.3 Å². The summed E-state index contributed by atoms with van der Waals surface area (Å²) in [5.74, 6) is -0.363.